The van der Waals surface area contributed by atoms with Gasteiger partial charge in [-0.1, -0.05) is 30.3 Å². The summed E-state index contributed by atoms with van der Waals surface area (Å²) in [4.78, 5) is 13.1. The molecule has 2 rings (SSSR count). The summed E-state index contributed by atoms with van der Waals surface area (Å²) >= 11 is 1.50. The highest BCUT2D eigenvalue weighted by Crippen LogP contribution is 2.24. The number of para-hydroxylation sites is 1. The number of aliphatic hydroxyl groups is 1. The number of hydrogen-bond donors (Lipinski definition) is 2. The Kier molecular flexibility index (Phi) is 5.21. The van der Waals surface area contributed by atoms with Gasteiger partial charge in [0.05, 0.1) is 11.9 Å². The molecule has 1 amide bonds. The van der Waals surface area contributed by atoms with E-state index < -0.39 is 0 Å². The summed E-state index contributed by atoms with van der Waals surface area (Å²) in [5.41, 5.74) is 1.68. The zero-order chi connectivity index (χ0) is 14.4. The van der Waals surface area contributed by atoms with Crippen LogP contribution in [0.4, 0.5) is 5.69 Å². The second-order valence-electron chi connectivity index (χ2n) is 4.42. The molecule has 3 nitrogen and oxygen atoms in total. The molecule has 4 heteroatoms. The van der Waals surface area contributed by atoms with Crippen molar-refractivity contribution >= 4 is 23.4 Å². The zero-order valence-electron chi connectivity index (χ0n) is 11.2. The van der Waals surface area contributed by atoms with Crippen LogP contribution in [0, 0.1) is 0 Å². The molecule has 0 aliphatic rings. The van der Waals surface area contributed by atoms with Gasteiger partial charge in [0, 0.05) is 10.6 Å². The quantitative estimate of drug-likeness (QED) is 0.830. The van der Waals surface area contributed by atoms with Crippen molar-refractivity contribution in [3.63, 3.8) is 0 Å². The monoisotopic (exact) mass is 287 g/mol. The van der Waals surface area contributed by atoms with E-state index in [-0.39, 0.29) is 17.8 Å². The Balaban J connectivity index is 1.93. The summed E-state index contributed by atoms with van der Waals surface area (Å²) in [7, 11) is 0. The normalized spacial score (nSPS) is 11.9. The van der Waals surface area contributed by atoms with E-state index in [1.54, 1.807) is 0 Å². The van der Waals surface area contributed by atoms with Crippen LogP contribution in [-0.2, 0) is 11.4 Å². The second-order valence-corrected chi connectivity index (χ2v) is 5.83. The van der Waals surface area contributed by atoms with Crippen LogP contribution in [0.5, 0.6) is 0 Å². The van der Waals surface area contributed by atoms with Gasteiger partial charge in [0.15, 0.2) is 0 Å². The van der Waals surface area contributed by atoms with Crippen LogP contribution in [0.3, 0.4) is 0 Å². The summed E-state index contributed by atoms with van der Waals surface area (Å²) in [6.07, 6.45) is 0. The van der Waals surface area contributed by atoms with Crippen LogP contribution in [-0.4, -0.2) is 16.3 Å². The molecule has 0 aromatic heterocycles. The summed E-state index contributed by atoms with van der Waals surface area (Å²) < 4.78 is 0. The van der Waals surface area contributed by atoms with Crippen LogP contribution in [0.1, 0.15) is 12.5 Å². The number of rotatable bonds is 5. The molecule has 0 heterocycles. The number of hydrogen-bond acceptors (Lipinski definition) is 3. The molecular formula is C16H17NO2S. The first-order valence-electron chi connectivity index (χ1n) is 6.41. The first kappa shape index (κ1) is 14.6. The highest BCUT2D eigenvalue weighted by Gasteiger charge is 2.14. The molecule has 0 spiro atoms. The number of carbonyl (C=O) groups excluding carboxylic acids is 1. The molecule has 2 aromatic rings. The molecule has 2 N–H and O–H groups in total. The van der Waals surface area contributed by atoms with Crippen LogP contribution in [0.15, 0.2) is 59.5 Å². The maximum Gasteiger partial charge on any atom is 0.237 e. The molecule has 104 valence electrons. The SMILES string of the molecule is CC(Sc1ccc(CO)cc1)C(=O)Nc1ccccc1. The van der Waals surface area contributed by atoms with E-state index >= 15 is 0 Å². The number of nitrogens with one attached hydrogen (secondary N) is 1. The van der Waals surface area contributed by atoms with E-state index in [2.05, 4.69) is 5.32 Å². The van der Waals surface area contributed by atoms with Gasteiger partial charge >= 0.3 is 0 Å². The Labute approximate surface area is 123 Å². The van der Waals surface area contributed by atoms with Crippen LogP contribution >= 0.6 is 11.8 Å². The number of benzene rings is 2. The van der Waals surface area contributed by atoms with E-state index in [4.69, 9.17) is 5.11 Å². The predicted molar refractivity (Wildman–Crippen MR) is 82.8 cm³/mol. The third kappa shape index (κ3) is 4.11. The van der Waals surface area contributed by atoms with Crippen molar-refractivity contribution in [3.05, 3.63) is 60.2 Å². The molecule has 1 unspecified atom stereocenters. The maximum absolute atomic E-state index is 12.1. The largest absolute Gasteiger partial charge is 0.392 e. The van der Waals surface area contributed by atoms with Gasteiger partial charge in [-0.25, -0.2) is 0 Å². The number of aliphatic hydroxyl groups excluding tert-OH is 1. The van der Waals surface area contributed by atoms with Crippen molar-refractivity contribution in [2.24, 2.45) is 0 Å². The summed E-state index contributed by atoms with van der Waals surface area (Å²) in [5.74, 6) is -0.0209. The lowest BCUT2D eigenvalue weighted by Gasteiger charge is -2.12. The van der Waals surface area contributed by atoms with Crippen molar-refractivity contribution in [1.82, 2.24) is 0 Å². The third-order valence-electron chi connectivity index (χ3n) is 2.83. The Morgan fingerprint density at radius 2 is 1.80 bits per heavy atom. The number of amides is 1. The zero-order valence-corrected chi connectivity index (χ0v) is 12.1. The van der Waals surface area contributed by atoms with Crippen molar-refractivity contribution < 1.29 is 9.90 Å². The van der Waals surface area contributed by atoms with E-state index in [1.807, 2.05) is 61.5 Å². The number of carbonyl (C=O) groups is 1. The molecule has 0 aliphatic carbocycles. The minimum Gasteiger partial charge on any atom is -0.392 e. The maximum atomic E-state index is 12.1. The molecule has 0 radical (unpaired) electrons. The Hall–Kier alpha value is -1.78. The Bertz CT molecular complexity index is 554. The number of anilines is 1. The first-order valence-corrected chi connectivity index (χ1v) is 7.29. The lowest BCUT2D eigenvalue weighted by molar-refractivity contribution is -0.115. The fourth-order valence-electron chi connectivity index (χ4n) is 1.70. The van der Waals surface area contributed by atoms with Gasteiger partial charge in [-0.05, 0) is 36.8 Å². The van der Waals surface area contributed by atoms with Gasteiger partial charge in [-0.2, -0.15) is 0 Å². The minimum absolute atomic E-state index is 0.0209. The fourth-order valence-corrected chi connectivity index (χ4v) is 2.56. The van der Waals surface area contributed by atoms with Gasteiger partial charge in [0.1, 0.15) is 0 Å². The summed E-state index contributed by atoms with van der Waals surface area (Å²) in [5, 5.41) is 11.7. The highest BCUT2D eigenvalue weighted by atomic mass is 32.2. The first-order chi connectivity index (χ1) is 9.69. The molecule has 1 atom stereocenters. The molecular weight excluding hydrogens is 270 g/mol. The second kappa shape index (κ2) is 7.12. The Morgan fingerprint density at radius 3 is 2.40 bits per heavy atom. The molecule has 0 bridgehead atoms. The predicted octanol–water partition coefficient (Wildman–Crippen LogP) is 3.30. The van der Waals surface area contributed by atoms with Crippen LogP contribution < -0.4 is 5.32 Å². The van der Waals surface area contributed by atoms with E-state index in [0.29, 0.717) is 0 Å². The van der Waals surface area contributed by atoms with Gasteiger partial charge in [0.25, 0.3) is 0 Å². The van der Waals surface area contributed by atoms with Gasteiger partial charge in [0.2, 0.25) is 5.91 Å². The standard InChI is InChI=1S/C16H17NO2S/c1-12(16(19)17-14-5-3-2-4-6-14)20-15-9-7-13(11-18)8-10-15/h2-10,12,18H,11H2,1H3,(H,17,19). The minimum atomic E-state index is -0.185. The van der Waals surface area contributed by atoms with E-state index in [0.717, 1.165) is 16.1 Å². The molecule has 0 aliphatic heterocycles. The molecule has 20 heavy (non-hydrogen) atoms. The van der Waals surface area contributed by atoms with E-state index in [9.17, 15) is 4.79 Å². The topological polar surface area (TPSA) is 49.3 Å². The number of thioether (sulfide) groups is 1. The lowest BCUT2D eigenvalue weighted by Crippen LogP contribution is -2.22. The third-order valence-corrected chi connectivity index (χ3v) is 3.94. The van der Waals surface area contributed by atoms with E-state index in [1.165, 1.54) is 11.8 Å². The average molecular weight is 287 g/mol. The molecule has 0 saturated carbocycles. The fraction of sp³-hybridized carbons (Fsp3) is 0.188. The molecule has 0 fully saturated rings. The summed E-state index contributed by atoms with van der Waals surface area (Å²) in [6.45, 7) is 1.91. The Morgan fingerprint density at radius 1 is 1.15 bits per heavy atom. The van der Waals surface area contributed by atoms with Crippen molar-refractivity contribution in [1.29, 1.82) is 0 Å². The van der Waals surface area contributed by atoms with Crippen molar-refractivity contribution in [3.8, 4) is 0 Å². The lowest BCUT2D eigenvalue weighted by atomic mass is 10.2. The van der Waals surface area contributed by atoms with Crippen LogP contribution in [0.2, 0.25) is 0 Å². The van der Waals surface area contributed by atoms with Crippen molar-refractivity contribution in [2.45, 2.75) is 23.7 Å². The van der Waals surface area contributed by atoms with Gasteiger partial charge < -0.3 is 10.4 Å². The smallest absolute Gasteiger partial charge is 0.237 e. The highest BCUT2D eigenvalue weighted by molar-refractivity contribution is 8.00. The van der Waals surface area contributed by atoms with Crippen LogP contribution in [0.25, 0.3) is 0 Å². The van der Waals surface area contributed by atoms with Gasteiger partial charge in [-0.15, -0.1) is 11.8 Å². The molecule has 0 saturated heterocycles. The van der Waals surface area contributed by atoms with Crippen molar-refractivity contribution in [2.75, 3.05) is 5.32 Å². The summed E-state index contributed by atoms with van der Waals surface area (Å²) in [6, 6.07) is 17.0. The van der Waals surface area contributed by atoms with Gasteiger partial charge in [-0.3, -0.25) is 4.79 Å². The molecule has 2 aromatic carbocycles. The average Bonchev–Trinajstić information content (AvgIpc) is 2.49.